The lowest BCUT2D eigenvalue weighted by Crippen LogP contribution is -2.34. The van der Waals surface area contributed by atoms with Gasteiger partial charge in [0.25, 0.3) is 0 Å². The molecule has 0 atom stereocenters. The van der Waals surface area contributed by atoms with Gasteiger partial charge < -0.3 is 4.74 Å². The van der Waals surface area contributed by atoms with Crippen molar-refractivity contribution in [2.75, 3.05) is 20.3 Å². The van der Waals surface area contributed by atoms with Crippen LogP contribution in [-0.4, -0.2) is 33.7 Å². The Kier molecular flexibility index (Phi) is 5.73. The second-order valence-electron chi connectivity index (χ2n) is 5.04. The number of halogens is 1. The lowest BCUT2D eigenvalue weighted by molar-refractivity contribution is 0.153. The van der Waals surface area contributed by atoms with Crippen LogP contribution in [0.2, 0.25) is 5.02 Å². The van der Waals surface area contributed by atoms with E-state index >= 15 is 0 Å². The number of rotatable bonds is 7. The van der Waals surface area contributed by atoms with E-state index in [2.05, 4.69) is 9.71 Å². The monoisotopic (exact) mass is 306 g/mol. The molecule has 1 N–H and O–H groups in total. The minimum Gasteiger partial charge on any atom is -0.385 e. The van der Waals surface area contributed by atoms with E-state index in [4.69, 9.17) is 16.3 Å². The van der Waals surface area contributed by atoms with Gasteiger partial charge in [-0.05, 0) is 17.9 Å². The molecule has 1 heterocycles. The van der Waals surface area contributed by atoms with Crippen molar-refractivity contribution < 1.29 is 13.2 Å². The molecule has 0 bridgehead atoms. The molecule has 0 saturated carbocycles. The van der Waals surface area contributed by atoms with E-state index in [1.807, 2.05) is 13.8 Å². The third-order valence-corrected chi connectivity index (χ3v) is 4.62. The van der Waals surface area contributed by atoms with Crippen LogP contribution in [0.5, 0.6) is 0 Å². The van der Waals surface area contributed by atoms with Crippen LogP contribution in [0.3, 0.4) is 0 Å². The first kappa shape index (κ1) is 16.4. The Bertz CT molecular complexity index is 517. The zero-order valence-corrected chi connectivity index (χ0v) is 12.9. The van der Waals surface area contributed by atoms with Gasteiger partial charge in [-0.25, -0.2) is 13.1 Å². The molecule has 19 heavy (non-hydrogen) atoms. The summed E-state index contributed by atoms with van der Waals surface area (Å²) in [4.78, 5) is 3.78. The maximum absolute atomic E-state index is 12.1. The molecule has 7 heteroatoms. The Morgan fingerprint density at radius 2 is 2.16 bits per heavy atom. The molecule has 108 valence electrons. The fourth-order valence-electron chi connectivity index (χ4n) is 1.40. The molecular formula is C12H19ClN2O3S. The second-order valence-corrected chi connectivity index (χ2v) is 7.18. The van der Waals surface area contributed by atoms with Gasteiger partial charge in [-0.2, -0.15) is 0 Å². The summed E-state index contributed by atoms with van der Waals surface area (Å²) >= 11 is 5.86. The molecular weight excluding hydrogens is 288 g/mol. The van der Waals surface area contributed by atoms with E-state index in [1.54, 1.807) is 7.11 Å². The molecule has 0 fully saturated rings. The van der Waals surface area contributed by atoms with E-state index < -0.39 is 10.0 Å². The third-order valence-electron chi connectivity index (χ3n) is 2.75. The molecule has 1 aromatic heterocycles. The first-order chi connectivity index (χ1) is 8.78. The Balaban J connectivity index is 2.74. The number of hydrogen-bond acceptors (Lipinski definition) is 4. The van der Waals surface area contributed by atoms with Crippen molar-refractivity contribution in [2.24, 2.45) is 5.41 Å². The summed E-state index contributed by atoms with van der Waals surface area (Å²) in [5.41, 5.74) is -0.197. The average molecular weight is 307 g/mol. The highest BCUT2D eigenvalue weighted by Gasteiger charge is 2.23. The van der Waals surface area contributed by atoms with Crippen LogP contribution in [-0.2, 0) is 14.8 Å². The van der Waals surface area contributed by atoms with Gasteiger partial charge in [-0.3, -0.25) is 4.98 Å². The van der Waals surface area contributed by atoms with Gasteiger partial charge in [0.15, 0.2) is 0 Å². The second kappa shape index (κ2) is 6.65. The van der Waals surface area contributed by atoms with Gasteiger partial charge in [0.05, 0.1) is 5.02 Å². The average Bonchev–Trinajstić information content (AvgIpc) is 2.35. The summed E-state index contributed by atoms with van der Waals surface area (Å²) in [5.74, 6) is 0. The Hall–Kier alpha value is -0.690. The number of sulfonamides is 1. The lowest BCUT2D eigenvalue weighted by Gasteiger charge is -2.24. The highest BCUT2D eigenvalue weighted by molar-refractivity contribution is 7.89. The van der Waals surface area contributed by atoms with Crippen LogP contribution in [0.1, 0.15) is 20.3 Å². The molecule has 0 unspecified atom stereocenters. The van der Waals surface area contributed by atoms with Crippen molar-refractivity contribution in [3.05, 3.63) is 23.5 Å². The van der Waals surface area contributed by atoms with E-state index in [0.29, 0.717) is 13.2 Å². The van der Waals surface area contributed by atoms with Crippen molar-refractivity contribution >= 4 is 21.6 Å². The summed E-state index contributed by atoms with van der Waals surface area (Å²) in [6, 6.07) is 1.45. The van der Waals surface area contributed by atoms with Gasteiger partial charge in [-0.15, -0.1) is 0 Å². The number of ether oxygens (including phenoxy) is 1. The van der Waals surface area contributed by atoms with Gasteiger partial charge in [-0.1, -0.05) is 25.4 Å². The molecule has 0 radical (unpaired) electrons. The summed E-state index contributed by atoms with van der Waals surface area (Å²) in [6.07, 6.45) is 3.45. The fourth-order valence-corrected chi connectivity index (χ4v) is 3.07. The molecule has 0 spiro atoms. The summed E-state index contributed by atoms with van der Waals surface area (Å²) in [5, 5.41) is 0.164. The van der Waals surface area contributed by atoms with E-state index in [0.717, 1.165) is 6.42 Å². The lowest BCUT2D eigenvalue weighted by atomic mass is 9.90. The normalized spacial score (nSPS) is 12.6. The highest BCUT2D eigenvalue weighted by atomic mass is 35.5. The number of pyridine rings is 1. The Labute approximate surface area is 119 Å². The smallest absolute Gasteiger partial charge is 0.243 e. The number of aromatic nitrogens is 1. The largest absolute Gasteiger partial charge is 0.385 e. The molecule has 0 aromatic carbocycles. The molecule has 1 aromatic rings. The molecule has 1 rings (SSSR count). The van der Waals surface area contributed by atoms with E-state index in [1.165, 1.54) is 18.5 Å². The number of nitrogens with zero attached hydrogens (tertiary/aromatic N) is 1. The standard InChI is InChI=1S/C12H19ClN2O3S/c1-12(2,5-7-18-3)9-15-19(16,17)11-8-14-6-4-10(11)13/h4,6,8,15H,5,7,9H2,1-3H3. The van der Waals surface area contributed by atoms with Crippen molar-refractivity contribution in [2.45, 2.75) is 25.2 Å². The Morgan fingerprint density at radius 3 is 2.74 bits per heavy atom. The summed E-state index contributed by atoms with van der Waals surface area (Å²) < 4.78 is 31.8. The van der Waals surface area contributed by atoms with Crippen molar-refractivity contribution in [1.29, 1.82) is 0 Å². The van der Waals surface area contributed by atoms with Crippen LogP contribution < -0.4 is 4.72 Å². The predicted molar refractivity (Wildman–Crippen MR) is 74.7 cm³/mol. The molecule has 0 amide bonds. The first-order valence-corrected chi connectivity index (χ1v) is 7.73. The van der Waals surface area contributed by atoms with Crippen LogP contribution in [0, 0.1) is 5.41 Å². The highest BCUT2D eigenvalue weighted by Crippen LogP contribution is 2.22. The van der Waals surface area contributed by atoms with Crippen molar-refractivity contribution in [1.82, 2.24) is 9.71 Å². The van der Waals surface area contributed by atoms with Gasteiger partial charge in [0, 0.05) is 32.7 Å². The zero-order valence-electron chi connectivity index (χ0n) is 11.3. The summed E-state index contributed by atoms with van der Waals surface area (Å²) in [7, 11) is -2.01. The van der Waals surface area contributed by atoms with E-state index in [-0.39, 0.29) is 15.3 Å². The maximum Gasteiger partial charge on any atom is 0.243 e. The van der Waals surface area contributed by atoms with Crippen molar-refractivity contribution in [3.8, 4) is 0 Å². The minimum absolute atomic E-state index is 0.000733. The maximum atomic E-state index is 12.1. The zero-order chi connectivity index (χ0) is 14.5. The van der Waals surface area contributed by atoms with Gasteiger partial charge >= 0.3 is 0 Å². The van der Waals surface area contributed by atoms with Crippen LogP contribution in [0.4, 0.5) is 0 Å². The topological polar surface area (TPSA) is 68.3 Å². The van der Waals surface area contributed by atoms with E-state index in [9.17, 15) is 8.42 Å². The van der Waals surface area contributed by atoms with Crippen LogP contribution in [0.15, 0.2) is 23.4 Å². The minimum atomic E-state index is -3.63. The SMILES string of the molecule is COCCC(C)(C)CNS(=O)(=O)c1cnccc1Cl. The number of methoxy groups -OCH3 is 1. The molecule has 0 saturated heterocycles. The quantitative estimate of drug-likeness (QED) is 0.837. The molecule has 0 aliphatic heterocycles. The molecule has 0 aliphatic carbocycles. The summed E-state index contributed by atoms with van der Waals surface area (Å²) in [6.45, 7) is 4.84. The third kappa shape index (κ3) is 5.06. The van der Waals surface area contributed by atoms with Crippen molar-refractivity contribution in [3.63, 3.8) is 0 Å². The van der Waals surface area contributed by atoms with Gasteiger partial charge in [0.1, 0.15) is 4.90 Å². The predicted octanol–water partition coefficient (Wildman–Crippen LogP) is 2.08. The fraction of sp³-hybridized carbons (Fsp3) is 0.583. The molecule has 0 aliphatic rings. The number of nitrogens with one attached hydrogen (secondary N) is 1. The number of hydrogen-bond donors (Lipinski definition) is 1. The Morgan fingerprint density at radius 1 is 1.47 bits per heavy atom. The van der Waals surface area contributed by atoms with Crippen LogP contribution >= 0.6 is 11.6 Å². The molecule has 5 nitrogen and oxygen atoms in total. The van der Waals surface area contributed by atoms with Crippen LogP contribution in [0.25, 0.3) is 0 Å². The van der Waals surface area contributed by atoms with Gasteiger partial charge in [0.2, 0.25) is 10.0 Å². The first-order valence-electron chi connectivity index (χ1n) is 5.87.